The predicted octanol–water partition coefficient (Wildman–Crippen LogP) is 3.07. The topological polar surface area (TPSA) is 147 Å². The average Bonchev–Trinajstić information content (AvgIpc) is 3.31. The van der Waals surface area contributed by atoms with E-state index < -0.39 is 16.1 Å². The quantitative estimate of drug-likeness (QED) is 0.376. The van der Waals surface area contributed by atoms with E-state index in [9.17, 15) is 13.2 Å². The highest BCUT2D eigenvalue weighted by Crippen LogP contribution is 2.31. The number of carbonyl (C=O) groups excluding carboxylic acids is 1. The van der Waals surface area contributed by atoms with Crippen molar-refractivity contribution in [3.8, 4) is 0 Å². The van der Waals surface area contributed by atoms with E-state index in [1.54, 1.807) is 17.3 Å². The number of sulfonamides is 1. The number of piperidine rings is 1. The SMILES string of the molecule is CC1CCN(C(=O)[C@H](CCCC(N)c2ncc[nH]2)NS(=O)(=O)c2cc(Cl)c(N)c(Cl)c2)CC1. The van der Waals surface area contributed by atoms with Crippen molar-refractivity contribution in [3.63, 3.8) is 0 Å². The summed E-state index contributed by atoms with van der Waals surface area (Å²) in [4.78, 5) is 22.0. The van der Waals surface area contributed by atoms with Gasteiger partial charge in [0, 0.05) is 25.5 Å². The summed E-state index contributed by atoms with van der Waals surface area (Å²) in [5.74, 6) is 0.939. The van der Waals surface area contributed by atoms with Gasteiger partial charge in [0.25, 0.3) is 0 Å². The molecule has 12 heteroatoms. The number of nitrogens with one attached hydrogen (secondary N) is 2. The van der Waals surface area contributed by atoms with Crippen molar-refractivity contribution < 1.29 is 13.2 Å². The molecule has 1 unspecified atom stereocenters. The molecule has 6 N–H and O–H groups in total. The molecule has 1 aliphatic rings. The zero-order valence-corrected chi connectivity index (χ0v) is 20.8. The van der Waals surface area contributed by atoms with Gasteiger partial charge in [0.2, 0.25) is 15.9 Å². The Morgan fingerprint density at radius 3 is 2.48 bits per heavy atom. The van der Waals surface area contributed by atoms with E-state index in [2.05, 4.69) is 21.6 Å². The van der Waals surface area contributed by atoms with Gasteiger partial charge in [-0.05, 0) is 50.2 Å². The number of rotatable bonds is 9. The lowest BCUT2D eigenvalue weighted by atomic mass is 9.98. The highest BCUT2D eigenvalue weighted by molar-refractivity contribution is 7.89. The number of halogens is 2. The number of hydrogen-bond acceptors (Lipinski definition) is 6. The first-order valence-electron chi connectivity index (χ1n) is 10.9. The van der Waals surface area contributed by atoms with Gasteiger partial charge in [0.15, 0.2) is 0 Å². The first-order chi connectivity index (χ1) is 15.6. The molecule has 0 saturated carbocycles. The number of benzene rings is 1. The molecule has 0 radical (unpaired) electrons. The third-order valence-electron chi connectivity index (χ3n) is 5.93. The largest absolute Gasteiger partial charge is 0.396 e. The van der Waals surface area contributed by atoms with Gasteiger partial charge in [0.05, 0.1) is 26.7 Å². The minimum absolute atomic E-state index is 0.0280. The summed E-state index contributed by atoms with van der Waals surface area (Å²) in [5.41, 5.74) is 12.0. The second-order valence-electron chi connectivity index (χ2n) is 8.49. The number of H-pyrrole nitrogens is 1. The van der Waals surface area contributed by atoms with Crippen LogP contribution in [0.2, 0.25) is 10.0 Å². The van der Waals surface area contributed by atoms with Gasteiger partial charge in [-0.2, -0.15) is 4.72 Å². The van der Waals surface area contributed by atoms with E-state index >= 15 is 0 Å². The van der Waals surface area contributed by atoms with Crippen molar-refractivity contribution in [1.82, 2.24) is 19.6 Å². The standard InChI is InChI=1S/C21H30Cl2N6O3S/c1-13-5-9-29(10-6-13)21(30)18(4-2-3-17(24)20-26-7-8-27-20)28-33(31,32)14-11-15(22)19(25)16(23)12-14/h7-8,11-13,17-18,28H,2-6,9-10,24-25H2,1H3,(H,26,27)/t17?,18-/m0/s1. The molecule has 2 aromatic rings. The van der Waals surface area contributed by atoms with Crippen molar-refractivity contribution >= 4 is 44.8 Å². The minimum Gasteiger partial charge on any atom is -0.396 e. The van der Waals surface area contributed by atoms with Crippen molar-refractivity contribution in [2.24, 2.45) is 11.7 Å². The molecule has 0 spiro atoms. The summed E-state index contributed by atoms with van der Waals surface area (Å²) < 4.78 is 28.8. The molecule has 1 aliphatic heterocycles. The van der Waals surface area contributed by atoms with Gasteiger partial charge in [0.1, 0.15) is 11.9 Å². The summed E-state index contributed by atoms with van der Waals surface area (Å²) in [6.07, 6.45) is 6.43. The van der Waals surface area contributed by atoms with E-state index in [1.807, 2.05) is 0 Å². The average molecular weight is 517 g/mol. The van der Waals surface area contributed by atoms with Crippen LogP contribution in [0.1, 0.15) is 50.9 Å². The Hall–Kier alpha value is -1.85. The van der Waals surface area contributed by atoms with Crippen LogP contribution in [0.4, 0.5) is 5.69 Å². The van der Waals surface area contributed by atoms with E-state index in [1.165, 1.54) is 12.1 Å². The van der Waals surface area contributed by atoms with Crippen LogP contribution in [0.15, 0.2) is 29.4 Å². The summed E-state index contributed by atoms with van der Waals surface area (Å²) >= 11 is 12.1. The van der Waals surface area contributed by atoms with E-state index in [0.29, 0.717) is 37.7 Å². The number of aromatic amines is 1. The van der Waals surface area contributed by atoms with Crippen LogP contribution in [-0.2, 0) is 14.8 Å². The molecule has 1 aromatic heterocycles. The number of nitrogen functional groups attached to an aromatic ring is 1. The maximum absolute atomic E-state index is 13.3. The lowest BCUT2D eigenvalue weighted by Crippen LogP contribution is -2.50. The molecule has 0 aliphatic carbocycles. The lowest BCUT2D eigenvalue weighted by molar-refractivity contribution is -0.134. The van der Waals surface area contributed by atoms with Crippen LogP contribution >= 0.6 is 23.2 Å². The molecule has 1 aromatic carbocycles. The summed E-state index contributed by atoms with van der Waals surface area (Å²) in [6, 6.07) is 1.17. The van der Waals surface area contributed by atoms with Crippen LogP contribution in [0.25, 0.3) is 0 Å². The maximum atomic E-state index is 13.3. The summed E-state index contributed by atoms with van der Waals surface area (Å²) in [7, 11) is -4.08. The maximum Gasteiger partial charge on any atom is 0.241 e. The molecule has 1 amide bonds. The van der Waals surface area contributed by atoms with Crippen LogP contribution in [0.3, 0.4) is 0 Å². The van der Waals surface area contributed by atoms with E-state index in [0.717, 1.165) is 12.8 Å². The molecule has 1 fully saturated rings. The number of carbonyl (C=O) groups is 1. The Kier molecular flexibility index (Phi) is 8.63. The van der Waals surface area contributed by atoms with Gasteiger partial charge in [-0.1, -0.05) is 30.1 Å². The van der Waals surface area contributed by atoms with Crippen LogP contribution in [-0.4, -0.2) is 48.3 Å². The van der Waals surface area contributed by atoms with E-state index in [-0.39, 0.29) is 39.0 Å². The van der Waals surface area contributed by atoms with Gasteiger partial charge >= 0.3 is 0 Å². The number of hydrogen-bond donors (Lipinski definition) is 4. The van der Waals surface area contributed by atoms with Crippen LogP contribution < -0.4 is 16.2 Å². The van der Waals surface area contributed by atoms with Crippen molar-refractivity contribution in [2.45, 2.75) is 56.0 Å². The third kappa shape index (κ3) is 6.60. The molecule has 2 heterocycles. The highest BCUT2D eigenvalue weighted by atomic mass is 35.5. The van der Waals surface area contributed by atoms with Crippen molar-refractivity contribution in [1.29, 1.82) is 0 Å². The molecule has 2 atom stereocenters. The Bertz CT molecular complexity index is 1030. The second-order valence-corrected chi connectivity index (χ2v) is 11.0. The molecule has 3 rings (SSSR count). The lowest BCUT2D eigenvalue weighted by Gasteiger charge is -2.33. The molecule has 1 saturated heterocycles. The van der Waals surface area contributed by atoms with Gasteiger partial charge in [-0.3, -0.25) is 4.79 Å². The predicted molar refractivity (Wildman–Crippen MR) is 129 cm³/mol. The first-order valence-corrected chi connectivity index (χ1v) is 13.1. The number of anilines is 1. The Labute approximate surface area is 204 Å². The zero-order chi connectivity index (χ0) is 24.2. The summed E-state index contributed by atoms with van der Waals surface area (Å²) in [5, 5.41) is 0.0559. The fraction of sp³-hybridized carbons (Fsp3) is 0.524. The molecular weight excluding hydrogens is 487 g/mol. The number of likely N-dealkylation sites (tertiary alicyclic amines) is 1. The zero-order valence-electron chi connectivity index (χ0n) is 18.4. The Balaban J connectivity index is 1.76. The smallest absolute Gasteiger partial charge is 0.241 e. The van der Waals surface area contributed by atoms with Gasteiger partial charge in [-0.15, -0.1) is 0 Å². The molecular formula is C21H30Cl2N6O3S. The second kappa shape index (κ2) is 11.1. The molecule has 0 bridgehead atoms. The third-order valence-corrected chi connectivity index (χ3v) is 8.01. The monoisotopic (exact) mass is 516 g/mol. The Morgan fingerprint density at radius 1 is 1.27 bits per heavy atom. The summed E-state index contributed by atoms with van der Waals surface area (Å²) in [6.45, 7) is 3.35. The fourth-order valence-corrected chi connectivity index (χ4v) is 5.70. The number of amides is 1. The molecule has 33 heavy (non-hydrogen) atoms. The van der Waals surface area contributed by atoms with Crippen molar-refractivity contribution in [3.05, 3.63) is 40.4 Å². The van der Waals surface area contributed by atoms with Gasteiger partial charge in [-0.25, -0.2) is 13.4 Å². The minimum atomic E-state index is -4.08. The highest BCUT2D eigenvalue weighted by Gasteiger charge is 2.31. The van der Waals surface area contributed by atoms with Crippen molar-refractivity contribution in [2.75, 3.05) is 18.8 Å². The number of aromatic nitrogens is 2. The fourth-order valence-electron chi connectivity index (χ4n) is 3.81. The molecule has 182 valence electrons. The van der Waals surface area contributed by atoms with Crippen LogP contribution in [0, 0.1) is 5.92 Å². The van der Waals surface area contributed by atoms with Gasteiger partial charge < -0.3 is 21.4 Å². The number of nitrogens with two attached hydrogens (primary N) is 2. The van der Waals surface area contributed by atoms with E-state index in [4.69, 9.17) is 34.7 Å². The first kappa shape index (κ1) is 25.8. The molecule has 9 nitrogen and oxygen atoms in total. The number of imidazole rings is 1. The Morgan fingerprint density at radius 2 is 1.91 bits per heavy atom. The van der Waals surface area contributed by atoms with Crippen LogP contribution in [0.5, 0.6) is 0 Å². The number of nitrogens with zero attached hydrogens (tertiary/aromatic N) is 2. The normalized spacial score (nSPS) is 17.2.